The molecule has 206 valence electrons. The molecule has 0 spiro atoms. The Morgan fingerprint density at radius 2 is 1.70 bits per heavy atom. The van der Waals surface area contributed by atoms with Gasteiger partial charge in [-0.05, 0) is 85.9 Å². The molecular formula is C28H25ClN4O6S. The fraction of sp³-hybridized carbons (Fsp3) is 0.179. The molecule has 0 radical (unpaired) electrons. The van der Waals surface area contributed by atoms with Crippen molar-refractivity contribution in [1.29, 1.82) is 0 Å². The first-order valence-electron chi connectivity index (χ1n) is 12.2. The molecule has 1 aliphatic heterocycles. The van der Waals surface area contributed by atoms with Crippen molar-refractivity contribution in [2.24, 2.45) is 0 Å². The lowest BCUT2D eigenvalue weighted by Gasteiger charge is -2.24. The van der Waals surface area contributed by atoms with Gasteiger partial charge in [0.25, 0.3) is 11.8 Å². The minimum absolute atomic E-state index is 0.0137. The molecule has 2 N–H and O–H groups in total. The van der Waals surface area contributed by atoms with Crippen LogP contribution >= 0.6 is 23.8 Å². The largest absolute Gasteiger partial charge is 0.497 e. The number of esters is 1. The van der Waals surface area contributed by atoms with E-state index >= 15 is 0 Å². The van der Waals surface area contributed by atoms with E-state index < -0.39 is 29.7 Å². The number of benzene rings is 3. The number of anilines is 2. The van der Waals surface area contributed by atoms with Gasteiger partial charge in [-0.2, -0.15) is 0 Å². The van der Waals surface area contributed by atoms with Gasteiger partial charge in [-0.25, -0.2) is 9.80 Å². The number of nitrogens with one attached hydrogen (secondary N) is 2. The summed E-state index contributed by atoms with van der Waals surface area (Å²) in [5.41, 5.74) is 4.11. The molecule has 40 heavy (non-hydrogen) atoms. The maximum Gasteiger partial charge on any atom is 0.338 e. The Kier molecular flexibility index (Phi) is 8.97. The van der Waals surface area contributed by atoms with Crippen molar-refractivity contribution >= 4 is 64.0 Å². The van der Waals surface area contributed by atoms with Crippen molar-refractivity contribution in [3.8, 4) is 5.75 Å². The first-order valence-corrected chi connectivity index (χ1v) is 12.9. The molecule has 1 fully saturated rings. The van der Waals surface area contributed by atoms with E-state index in [1.807, 2.05) is 0 Å². The minimum Gasteiger partial charge on any atom is -0.497 e. The molecule has 3 aromatic carbocycles. The SMILES string of the molecule is CCOC(=O)c1ccc(NC(=O)C[C@H]2C(=O)N(c3ccc(Cl)cc3)C(=S)N2NC(=O)c2cccc(OC)c2)cc1. The van der Waals surface area contributed by atoms with Gasteiger partial charge in [0.05, 0.1) is 31.4 Å². The molecule has 12 heteroatoms. The van der Waals surface area contributed by atoms with Crippen molar-refractivity contribution < 1.29 is 28.7 Å². The zero-order valence-corrected chi connectivity index (χ0v) is 23.1. The molecule has 1 aliphatic rings. The first-order chi connectivity index (χ1) is 19.2. The molecule has 0 aliphatic carbocycles. The number of thiocarbonyl (C=S) groups is 1. The summed E-state index contributed by atoms with van der Waals surface area (Å²) in [5, 5.41) is 4.37. The molecular weight excluding hydrogens is 556 g/mol. The van der Waals surface area contributed by atoms with Crippen molar-refractivity contribution in [1.82, 2.24) is 10.4 Å². The molecule has 0 saturated carbocycles. The summed E-state index contributed by atoms with van der Waals surface area (Å²) < 4.78 is 10.2. The summed E-state index contributed by atoms with van der Waals surface area (Å²) in [4.78, 5) is 52.8. The van der Waals surface area contributed by atoms with Gasteiger partial charge in [0.2, 0.25) is 11.0 Å². The first kappa shape index (κ1) is 28.5. The van der Waals surface area contributed by atoms with Crippen LogP contribution in [0.3, 0.4) is 0 Å². The summed E-state index contributed by atoms with van der Waals surface area (Å²) in [6.45, 7) is 1.95. The van der Waals surface area contributed by atoms with E-state index in [2.05, 4.69) is 10.7 Å². The fourth-order valence-corrected chi connectivity index (χ4v) is 4.45. The Morgan fingerprint density at radius 3 is 2.35 bits per heavy atom. The molecule has 0 unspecified atom stereocenters. The lowest BCUT2D eigenvalue weighted by atomic mass is 10.1. The van der Waals surface area contributed by atoms with Crippen LogP contribution in [0.1, 0.15) is 34.1 Å². The average Bonchev–Trinajstić information content (AvgIpc) is 3.17. The third-order valence-corrected chi connectivity index (χ3v) is 6.54. The summed E-state index contributed by atoms with van der Waals surface area (Å²) in [7, 11) is 1.48. The highest BCUT2D eigenvalue weighted by Gasteiger charge is 2.45. The van der Waals surface area contributed by atoms with Gasteiger partial charge in [0, 0.05) is 16.3 Å². The molecule has 3 amide bonds. The van der Waals surface area contributed by atoms with Crippen LogP contribution in [0, 0.1) is 0 Å². The predicted molar refractivity (Wildman–Crippen MR) is 153 cm³/mol. The van der Waals surface area contributed by atoms with Gasteiger partial charge in [0.1, 0.15) is 11.8 Å². The standard InChI is InChI=1S/C28H25ClN4O6S/c1-3-39-27(37)17-7-11-20(12-8-17)30-24(34)16-23-26(36)32(21-13-9-19(29)10-14-21)28(40)33(23)31-25(35)18-5-4-6-22(15-18)38-2/h4-15,23H,3,16H2,1-2H3,(H,30,34)(H,31,35)/t23-/m0/s1. The Labute approximate surface area is 240 Å². The third kappa shape index (κ3) is 6.38. The average molecular weight is 581 g/mol. The number of halogens is 1. The number of carbonyl (C=O) groups is 4. The molecule has 10 nitrogen and oxygen atoms in total. The zero-order chi connectivity index (χ0) is 28.8. The van der Waals surface area contributed by atoms with Gasteiger partial charge in [0.15, 0.2) is 0 Å². The van der Waals surface area contributed by atoms with Gasteiger partial charge in [-0.3, -0.25) is 24.7 Å². The summed E-state index contributed by atoms with van der Waals surface area (Å²) >= 11 is 11.6. The minimum atomic E-state index is -1.14. The Balaban J connectivity index is 1.55. The maximum atomic E-state index is 13.6. The highest BCUT2D eigenvalue weighted by Crippen LogP contribution is 2.28. The lowest BCUT2D eigenvalue weighted by molar-refractivity contribution is -0.124. The van der Waals surface area contributed by atoms with E-state index in [9.17, 15) is 19.2 Å². The predicted octanol–water partition coefficient (Wildman–Crippen LogP) is 4.20. The number of amides is 3. The number of hydrogen-bond donors (Lipinski definition) is 2. The van der Waals surface area contributed by atoms with Gasteiger partial charge < -0.3 is 14.8 Å². The molecule has 0 bridgehead atoms. The second-order valence-electron chi connectivity index (χ2n) is 8.54. The monoisotopic (exact) mass is 580 g/mol. The van der Waals surface area contributed by atoms with E-state index in [-0.39, 0.29) is 23.7 Å². The van der Waals surface area contributed by atoms with E-state index in [0.29, 0.717) is 27.7 Å². The topological polar surface area (TPSA) is 117 Å². The second kappa shape index (κ2) is 12.6. The number of nitrogens with zero attached hydrogens (tertiary/aromatic N) is 2. The van der Waals surface area contributed by atoms with Gasteiger partial charge >= 0.3 is 5.97 Å². The van der Waals surface area contributed by atoms with Crippen LogP contribution in [-0.2, 0) is 14.3 Å². The highest BCUT2D eigenvalue weighted by atomic mass is 35.5. The third-order valence-electron chi connectivity index (χ3n) is 5.91. The number of methoxy groups -OCH3 is 1. The van der Waals surface area contributed by atoms with Crippen molar-refractivity contribution in [2.45, 2.75) is 19.4 Å². The normalized spacial score (nSPS) is 14.6. The zero-order valence-electron chi connectivity index (χ0n) is 21.5. The number of hydrogen-bond acceptors (Lipinski definition) is 7. The van der Waals surface area contributed by atoms with Crippen LogP contribution in [0.15, 0.2) is 72.8 Å². The summed E-state index contributed by atoms with van der Waals surface area (Å²) in [6, 6.07) is 17.9. The molecule has 3 aromatic rings. The Morgan fingerprint density at radius 1 is 1.00 bits per heavy atom. The fourth-order valence-electron chi connectivity index (χ4n) is 3.96. The van der Waals surface area contributed by atoms with Crippen molar-refractivity contribution in [3.63, 3.8) is 0 Å². The Bertz CT molecular complexity index is 1450. The van der Waals surface area contributed by atoms with Crippen LogP contribution < -0.4 is 20.4 Å². The lowest BCUT2D eigenvalue weighted by Crippen LogP contribution is -2.49. The van der Waals surface area contributed by atoms with Crippen molar-refractivity contribution in [3.05, 3.63) is 88.9 Å². The summed E-state index contributed by atoms with van der Waals surface area (Å²) in [5.74, 6) is -1.57. The van der Waals surface area contributed by atoms with Crippen LogP contribution in [0.4, 0.5) is 11.4 Å². The molecule has 1 atom stereocenters. The van der Waals surface area contributed by atoms with Crippen molar-refractivity contribution in [2.75, 3.05) is 23.9 Å². The Hall–Kier alpha value is -4.48. The number of ether oxygens (including phenoxy) is 2. The number of carbonyl (C=O) groups excluding carboxylic acids is 4. The van der Waals surface area contributed by atoms with Crippen LogP contribution in [-0.4, -0.2) is 53.6 Å². The molecule has 1 saturated heterocycles. The van der Waals surface area contributed by atoms with E-state index in [0.717, 1.165) is 0 Å². The number of rotatable bonds is 9. The second-order valence-corrected chi connectivity index (χ2v) is 9.34. The number of hydrazine groups is 1. The molecule has 1 heterocycles. The van der Waals surface area contributed by atoms with Crippen LogP contribution in [0.5, 0.6) is 5.75 Å². The van der Waals surface area contributed by atoms with Gasteiger partial charge in [-0.1, -0.05) is 17.7 Å². The smallest absolute Gasteiger partial charge is 0.338 e. The highest BCUT2D eigenvalue weighted by molar-refractivity contribution is 7.80. The van der Waals surface area contributed by atoms with Crippen LogP contribution in [0.25, 0.3) is 0 Å². The summed E-state index contributed by atoms with van der Waals surface area (Å²) in [6.07, 6.45) is -0.332. The van der Waals surface area contributed by atoms with E-state index in [1.54, 1.807) is 61.5 Å². The quantitative estimate of drug-likeness (QED) is 0.286. The molecule has 0 aromatic heterocycles. The maximum absolute atomic E-state index is 13.6. The van der Waals surface area contributed by atoms with E-state index in [1.165, 1.54) is 35.2 Å². The molecule has 4 rings (SSSR count). The van der Waals surface area contributed by atoms with E-state index in [4.69, 9.17) is 33.3 Å². The van der Waals surface area contributed by atoms with Crippen LogP contribution in [0.2, 0.25) is 5.02 Å². The van der Waals surface area contributed by atoms with Gasteiger partial charge in [-0.15, -0.1) is 0 Å².